The van der Waals surface area contributed by atoms with E-state index in [1.807, 2.05) is 0 Å². The first-order chi connectivity index (χ1) is 13.7. The Labute approximate surface area is 161 Å². The summed E-state index contributed by atoms with van der Waals surface area (Å²) in [5, 5.41) is 2.80. The van der Waals surface area contributed by atoms with E-state index in [-0.39, 0.29) is 5.69 Å². The highest BCUT2D eigenvalue weighted by atomic mass is 16.6. The normalized spacial score (nSPS) is 12.4. The predicted octanol–water partition coefficient (Wildman–Crippen LogP) is 3.38. The molecule has 0 bridgehead atoms. The fourth-order valence-corrected chi connectivity index (χ4v) is 2.90. The molecule has 0 radical (unpaired) electrons. The van der Waals surface area contributed by atoms with Crippen LogP contribution in [0.15, 0.2) is 47.2 Å². The SMILES string of the molecule is COc1ccc(-c2ocnc2C(=O)Nc2ccc3c(c2)OCCO3)cc1OC. The van der Waals surface area contributed by atoms with Gasteiger partial charge in [0.2, 0.25) is 0 Å². The summed E-state index contributed by atoms with van der Waals surface area (Å²) in [6, 6.07) is 10.4. The van der Waals surface area contributed by atoms with Crippen LogP contribution in [0, 0.1) is 0 Å². The Morgan fingerprint density at radius 2 is 1.79 bits per heavy atom. The zero-order chi connectivity index (χ0) is 19.5. The largest absolute Gasteiger partial charge is 0.493 e. The number of nitrogens with zero attached hydrogens (tertiary/aromatic N) is 1. The van der Waals surface area contributed by atoms with Gasteiger partial charge in [-0.1, -0.05) is 0 Å². The van der Waals surface area contributed by atoms with E-state index in [0.29, 0.717) is 53.2 Å². The van der Waals surface area contributed by atoms with E-state index in [1.54, 1.807) is 43.5 Å². The maximum Gasteiger partial charge on any atom is 0.278 e. The summed E-state index contributed by atoms with van der Waals surface area (Å²) in [6.45, 7) is 0.976. The van der Waals surface area contributed by atoms with Gasteiger partial charge in [0.25, 0.3) is 5.91 Å². The summed E-state index contributed by atoms with van der Waals surface area (Å²) >= 11 is 0. The smallest absolute Gasteiger partial charge is 0.278 e. The Morgan fingerprint density at radius 1 is 1.00 bits per heavy atom. The summed E-state index contributed by atoms with van der Waals surface area (Å²) in [5.74, 6) is 2.26. The second-order valence-electron chi connectivity index (χ2n) is 5.91. The van der Waals surface area contributed by atoms with Gasteiger partial charge in [0, 0.05) is 17.3 Å². The number of aromatic nitrogens is 1. The van der Waals surface area contributed by atoms with Gasteiger partial charge >= 0.3 is 0 Å². The van der Waals surface area contributed by atoms with Crippen LogP contribution in [0.1, 0.15) is 10.5 Å². The van der Waals surface area contributed by atoms with Crippen molar-refractivity contribution in [1.29, 1.82) is 0 Å². The lowest BCUT2D eigenvalue weighted by molar-refractivity contribution is 0.102. The molecule has 0 fully saturated rings. The van der Waals surface area contributed by atoms with Gasteiger partial charge in [0.05, 0.1) is 14.2 Å². The van der Waals surface area contributed by atoms with Crippen LogP contribution in [0.25, 0.3) is 11.3 Å². The van der Waals surface area contributed by atoms with Crippen LogP contribution < -0.4 is 24.3 Å². The molecule has 0 saturated carbocycles. The van der Waals surface area contributed by atoms with Crippen LogP contribution >= 0.6 is 0 Å². The number of carbonyl (C=O) groups is 1. The van der Waals surface area contributed by atoms with Crippen LogP contribution in [0.3, 0.4) is 0 Å². The van der Waals surface area contributed by atoms with E-state index in [0.717, 1.165) is 0 Å². The molecule has 0 atom stereocenters. The van der Waals surface area contributed by atoms with Crippen molar-refractivity contribution < 1.29 is 28.2 Å². The van der Waals surface area contributed by atoms with Gasteiger partial charge in [-0.05, 0) is 30.3 Å². The highest BCUT2D eigenvalue weighted by Gasteiger charge is 2.21. The number of hydrogen-bond acceptors (Lipinski definition) is 7. The summed E-state index contributed by atoms with van der Waals surface area (Å²) < 4.78 is 27.0. The molecule has 1 amide bonds. The molecule has 0 spiro atoms. The number of rotatable bonds is 5. The van der Waals surface area contributed by atoms with E-state index in [1.165, 1.54) is 13.5 Å². The molecule has 1 aliphatic heterocycles. The van der Waals surface area contributed by atoms with Gasteiger partial charge in [0.15, 0.2) is 40.8 Å². The lowest BCUT2D eigenvalue weighted by atomic mass is 10.1. The number of hydrogen-bond donors (Lipinski definition) is 1. The highest BCUT2D eigenvalue weighted by Crippen LogP contribution is 2.35. The number of anilines is 1. The molecule has 0 unspecified atom stereocenters. The third kappa shape index (κ3) is 3.32. The van der Waals surface area contributed by atoms with E-state index >= 15 is 0 Å². The molecule has 2 heterocycles. The lowest BCUT2D eigenvalue weighted by Crippen LogP contribution is -2.17. The molecule has 0 aliphatic carbocycles. The average Bonchev–Trinajstić information content (AvgIpc) is 3.23. The molecule has 2 aromatic carbocycles. The van der Waals surface area contributed by atoms with E-state index in [4.69, 9.17) is 23.4 Å². The predicted molar refractivity (Wildman–Crippen MR) is 100 cm³/mol. The zero-order valence-corrected chi connectivity index (χ0v) is 15.4. The number of fused-ring (bicyclic) bond motifs is 1. The van der Waals surface area contributed by atoms with Gasteiger partial charge in [-0.25, -0.2) is 4.98 Å². The first-order valence-corrected chi connectivity index (χ1v) is 8.56. The standard InChI is InChI=1S/C20H18N2O6/c1-24-14-5-3-12(9-16(14)25-2)19-18(21-11-28-19)20(23)22-13-4-6-15-17(10-13)27-8-7-26-15/h3-6,9-11H,7-8H2,1-2H3,(H,22,23). The van der Waals surface area contributed by atoms with Crippen LogP contribution in [0.4, 0.5) is 5.69 Å². The highest BCUT2D eigenvalue weighted by molar-refractivity contribution is 6.06. The second-order valence-corrected chi connectivity index (χ2v) is 5.91. The number of amides is 1. The summed E-state index contributed by atoms with van der Waals surface area (Å²) in [5.41, 5.74) is 1.36. The minimum atomic E-state index is -0.407. The Morgan fingerprint density at radius 3 is 2.57 bits per heavy atom. The van der Waals surface area contributed by atoms with Crippen LogP contribution in [-0.2, 0) is 0 Å². The van der Waals surface area contributed by atoms with Crippen molar-refractivity contribution >= 4 is 11.6 Å². The van der Waals surface area contributed by atoms with Crippen molar-refractivity contribution in [3.05, 3.63) is 48.5 Å². The van der Waals surface area contributed by atoms with Crippen molar-refractivity contribution in [3.63, 3.8) is 0 Å². The van der Waals surface area contributed by atoms with E-state index in [9.17, 15) is 4.79 Å². The summed E-state index contributed by atoms with van der Waals surface area (Å²) in [7, 11) is 3.09. The maximum absolute atomic E-state index is 12.8. The van der Waals surface area contributed by atoms with Gasteiger partial charge in [-0.15, -0.1) is 0 Å². The topological polar surface area (TPSA) is 92.1 Å². The number of benzene rings is 2. The first-order valence-electron chi connectivity index (χ1n) is 8.56. The molecule has 3 aromatic rings. The number of ether oxygens (including phenoxy) is 4. The number of oxazole rings is 1. The molecular formula is C20H18N2O6. The molecule has 1 N–H and O–H groups in total. The third-order valence-corrected chi connectivity index (χ3v) is 4.23. The molecule has 28 heavy (non-hydrogen) atoms. The molecule has 8 heteroatoms. The van der Waals surface area contributed by atoms with Gasteiger partial charge in [-0.2, -0.15) is 0 Å². The zero-order valence-electron chi connectivity index (χ0n) is 15.4. The number of nitrogens with one attached hydrogen (secondary N) is 1. The Bertz CT molecular complexity index is 1010. The molecule has 8 nitrogen and oxygen atoms in total. The number of carbonyl (C=O) groups excluding carboxylic acids is 1. The fourth-order valence-electron chi connectivity index (χ4n) is 2.90. The minimum absolute atomic E-state index is 0.155. The van der Waals surface area contributed by atoms with Crippen LogP contribution in [0.5, 0.6) is 23.0 Å². The molecule has 1 aromatic heterocycles. The molecule has 144 valence electrons. The fraction of sp³-hybridized carbons (Fsp3) is 0.200. The summed E-state index contributed by atoms with van der Waals surface area (Å²) in [6.07, 6.45) is 1.23. The lowest BCUT2D eigenvalue weighted by Gasteiger charge is -2.18. The van der Waals surface area contributed by atoms with Crippen LogP contribution in [-0.4, -0.2) is 38.3 Å². The number of methoxy groups -OCH3 is 2. The van der Waals surface area contributed by atoms with Crippen molar-refractivity contribution in [2.24, 2.45) is 0 Å². The van der Waals surface area contributed by atoms with E-state index < -0.39 is 5.91 Å². The molecular weight excluding hydrogens is 364 g/mol. The van der Waals surface area contributed by atoms with Crippen molar-refractivity contribution in [2.75, 3.05) is 32.8 Å². The molecule has 4 rings (SSSR count). The molecule has 1 aliphatic rings. The third-order valence-electron chi connectivity index (χ3n) is 4.23. The van der Waals surface area contributed by atoms with Gasteiger partial charge in [0.1, 0.15) is 13.2 Å². The van der Waals surface area contributed by atoms with Gasteiger partial charge in [-0.3, -0.25) is 4.79 Å². The van der Waals surface area contributed by atoms with Gasteiger partial charge < -0.3 is 28.7 Å². The van der Waals surface area contributed by atoms with Crippen molar-refractivity contribution in [2.45, 2.75) is 0 Å². The Hall–Kier alpha value is -3.68. The first kappa shape index (κ1) is 17.7. The average molecular weight is 382 g/mol. The quantitative estimate of drug-likeness (QED) is 0.723. The van der Waals surface area contributed by atoms with Crippen LogP contribution in [0.2, 0.25) is 0 Å². The van der Waals surface area contributed by atoms with Crippen molar-refractivity contribution in [1.82, 2.24) is 4.98 Å². The van der Waals surface area contributed by atoms with Crippen molar-refractivity contribution in [3.8, 4) is 34.3 Å². The Kier molecular flexibility index (Phi) is 4.76. The maximum atomic E-state index is 12.8. The monoisotopic (exact) mass is 382 g/mol. The Balaban J connectivity index is 1.59. The van der Waals surface area contributed by atoms with E-state index in [2.05, 4.69) is 10.3 Å². The summed E-state index contributed by atoms with van der Waals surface area (Å²) in [4.78, 5) is 16.8. The minimum Gasteiger partial charge on any atom is -0.493 e. The molecule has 0 saturated heterocycles. The second kappa shape index (κ2) is 7.51.